The van der Waals surface area contributed by atoms with Gasteiger partial charge in [-0.3, -0.25) is 4.79 Å². The SMILES string of the molecule is CCOc1ccc(C(C)NC(=O)C(N)c2ccccc2)cc1OCC.Cl. The maximum Gasteiger partial charge on any atom is 0.241 e. The summed E-state index contributed by atoms with van der Waals surface area (Å²) < 4.78 is 11.2. The van der Waals surface area contributed by atoms with Crippen LogP contribution in [0.3, 0.4) is 0 Å². The second kappa shape index (κ2) is 10.7. The standard InChI is InChI=1S/C20H26N2O3.ClH/c1-4-24-17-12-11-16(13-18(17)25-5-2)14(3)22-20(23)19(21)15-9-7-6-8-10-15;/h6-14,19H,4-5,21H2,1-3H3,(H,22,23);1H. The number of nitrogens with one attached hydrogen (secondary N) is 1. The number of rotatable bonds is 8. The molecule has 6 heteroatoms. The summed E-state index contributed by atoms with van der Waals surface area (Å²) in [6.07, 6.45) is 0. The largest absolute Gasteiger partial charge is 0.490 e. The molecule has 2 aromatic rings. The number of hydrogen-bond acceptors (Lipinski definition) is 4. The molecular formula is C20H27ClN2O3. The van der Waals surface area contributed by atoms with Gasteiger partial charge in [0, 0.05) is 0 Å². The van der Waals surface area contributed by atoms with E-state index >= 15 is 0 Å². The second-order valence-electron chi connectivity index (χ2n) is 5.69. The fraction of sp³-hybridized carbons (Fsp3) is 0.350. The zero-order valence-corrected chi connectivity index (χ0v) is 16.2. The Labute approximate surface area is 161 Å². The van der Waals surface area contributed by atoms with Gasteiger partial charge in [0.05, 0.1) is 19.3 Å². The first-order valence-corrected chi connectivity index (χ1v) is 8.57. The number of nitrogens with two attached hydrogens (primary N) is 1. The molecule has 2 aromatic carbocycles. The van der Waals surface area contributed by atoms with Crippen LogP contribution in [0.25, 0.3) is 0 Å². The van der Waals surface area contributed by atoms with E-state index in [4.69, 9.17) is 15.2 Å². The first-order valence-electron chi connectivity index (χ1n) is 8.57. The molecule has 0 saturated heterocycles. The van der Waals surface area contributed by atoms with E-state index in [9.17, 15) is 4.79 Å². The van der Waals surface area contributed by atoms with Crippen LogP contribution >= 0.6 is 12.4 Å². The predicted molar refractivity (Wildman–Crippen MR) is 106 cm³/mol. The van der Waals surface area contributed by atoms with E-state index in [1.165, 1.54) is 0 Å². The molecule has 0 aliphatic rings. The molecule has 0 aromatic heterocycles. The Balaban J connectivity index is 0.00000338. The van der Waals surface area contributed by atoms with Gasteiger partial charge in [-0.15, -0.1) is 12.4 Å². The van der Waals surface area contributed by atoms with Crippen molar-refractivity contribution in [2.75, 3.05) is 13.2 Å². The van der Waals surface area contributed by atoms with Gasteiger partial charge in [0.2, 0.25) is 5.91 Å². The molecule has 0 heterocycles. The van der Waals surface area contributed by atoms with Crippen molar-refractivity contribution in [1.82, 2.24) is 5.32 Å². The fourth-order valence-corrected chi connectivity index (χ4v) is 2.54. The first-order chi connectivity index (χ1) is 12.1. The molecule has 0 saturated carbocycles. The van der Waals surface area contributed by atoms with Crippen molar-refractivity contribution in [1.29, 1.82) is 0 Å². The van der Waals surface area contributed by atoms with Crippen LogP contribution in [0.1, 0.15) is 44.0 Å². The quantitative estimate of drug-likeness (QED) is 0.733. The number of halogens is 1. The van der Waals surface area contributed by atoms with E-state index in [1.54, 1.807) is 0 Å². The minimum absolute atomic E-state index is 0. The van der Waals surface area contributed by atoms with Gasteiger partial charge < -0.3 is 20.5 Å². The fourth-order valence-electron chi connectivity index (χ4n) is 2.54. The Morgan fingerprint density at radius 2 is 1.62 bits per heavy atom. The number of amides is 1. The Morgan fingerprint density at radius 3 is 2.23 bits per heavy atom. The molecule has 0 spiro atoms. The lowest BCUT2D eigenvalue weighted by Gasteiger charge is -2.20. The Bertz CT molecular complexity index is 695. The lowest BCUT2D eigenvalue weighted by molar-refractivity contribution is -0.123. The Hall–Kier alpha value is -2.24. The van der Waals surface area contributed by atoms with E-state index in [2.05, 4.69) is 5.32 Å². The molecule has 0 aliphatic heterocycles. The van der Waals surface area contributed by atoms with Gasteiger partial charge in [-0.25, -0.2) is 0 Å². The molecule has 26 heavy (non-hydrogen) atoms. The average molecular weight is 379 g/mol. The molecule has 0 fully saturated rings. The van der Waals surface area contributed by atoms with Crippen LogP contribution in [0.4, 0.5) is 0 Å². The topological polar surface area (TPSA) is 73.6 Å². The maximum atomic E-state index is 12.4. The molecule has 2 atom stereocenters. The van der Waals surface area contributed by atoms with E-state index in [0.29, 0.717) is 24.7 Å². The molecule has 2 rings (SSSR count). The highest BCUT2D eigenvalue weighted by atomic mass is 35.5. The van der Waals surface area contributed by atoms with Gasteiger partial charge in [-0.2, -0.15) is 0 Å². The first kappa shape index (κ1) is 21.8. The third kappa shape index (κ3) is 5.64. The monoisotopic (exact) mass is 378 g/mol. The van der Waals surface area contributed by atoms with E-state index in [0.717, 1.165) is 11.1 Å². The summed E-state index contributed by atoms with van der Waals surface area (Å²) in [6, 6.07) is 14.1. The third-order valence-corrected chi connectivity index (χ3v) is 3.87. The van der Waals surface area contributed by atoms with Crippen molar-refractivity contribution in [2.24, 2.45) is 5.73 Å². The Kier molecular flexibility index (Phi) is 8.96. The summed E-state index contributed by atoms with van der Waals surface area (Å²) in [7, 11) is 0. The van der Waals surface area contributed by atoms with Crippen molar-refractivity contribution in [3.63, 3.8) is 0 Å². The van der Waals surface area contributed by atoms with Crippen LogP contribution in [-0.4, -0.2) is 19.1 Å². The van der Waals surface area contributed by atoms with E-state index in [-0.39, 0.29) is 24.4 Å². The minimum atomic E-state index is -0.697. The minimum Gasteiger partial charge on any atom is -0.490 e. The van der Waals surface area contributed by atoms with Gasteiger partial charge in [0.25, 0.3) is 0 Å². The molecule has 0 radical (unpaired) electrons. The normalized spacial score (nSPS) is 12.5. The number of benzene rings is 2. The van der Waals surface area contributed by atoms with Crippen LogP contribution in [0, 0.1) is 0 Å². The predicted octanol–water partition coefficient (Wildman–Crippen LogP) is 3.78. The summed E-state index contributed by atoms with van der Waals surface area (Å²) in [4.78, 5) is 12.4. The molecule has 142 valence electrons. The zero-order valence-electron chi connectivity index (χ0n) is 15.4. The van der Waals surface area contributed by atoms with Crippen molar-refractivity contribution >= 4 is 18.3 Å². The lowest BCUT2D eigenvalue weighted by atomic mass is 10.0. The van der Waals surface area contributed by atoms with Crippen molar-refractivity contribution in [3.05, 3.63) is 59.7 Å². The molecule has 0 bridgehead atoms. The van der Waals surface area contributed by atoms with Gasteiger partial charge in [0.1, 0.15) is 6.04 Å². The van der Waals surface area contributed by atoms with Gasteiger partial charge in [0.15, 0.2) is 11.5 Å². The zero-order chi connectivity index (χ0) is 18.2. The third-order valence-electron chi connectivity index (χ3n) is 3.87. The highest BCUT2D eigenvalue weighted by Crippen LogP contribution is 2.30. The molecule has 3 N–H and O–H groups in total. The Morgan fingerprint density at radius 1 is 1.00 bits per heavy atom. The lowest BCUT2D eigenvalue weighted by Crippen LogP contribution is -2.35. The van der Waals surface area contributed by atoms with Gasteiger partial charge in [-0.1, -0.05) is 36.4 Å². The molecule has 2 unspecified atom stereocenters. The van der Waals surface area contributed by atoms with Gasteiger partial charge >= 0.3 is 0 Å². The highest BCUT2D eigenvalue weighted by molar-refractivity contribution is 5.85. The van der Waals surface area contributed by atoms with Crippen LogP contribution in [-0.2, 0) is 4.79 Å². The number of carbonyl (C=O) groups excluding carboxylic acids is 1. The number of hydrogen-bond donors (Lipinski definition) is 2. The van der Waals surface area contributed by atoms with Crippen molar-refractivity contribution in [3.8, 4) is 11.5 Å². The van der Waals surface area contributed by atoms with Crippen molar-refractivity contribution < 1.29 is 14.3 Å². The molecule has 1 amide bonds. The highest BCUT2D eigenvalue weighted by Gasteiger charge is 2.19. The van der Waals surface area contributed by atoms with E-state index in [1.807, 2.05) is 69.3 Å². The smallest absolute Gasteiger partial charge is 0.241 e. The summed E-state index contributed by atoms with van der Waals surface area (Å²) in [5.74, 6) is 1.16. The molecule has 5 nitrogen and oxygen atoms in total. The molecular weight excluding hydrogens is 352 g/mol. The second-order valence-corrected chi connectivity index (χ2v) is 5.69. The number of ether oxygens (including phenoxy) is 2. The van der Waals surface area contributed by atoms with Gasteiger partial charge in [-0.05, 0) is 44.0 Å². The number of carbonyl (C=O) groups is 1. The van der Waals surface area contributed by atoms with Crippen LogP contribution < -0.4 is 20.5 Å². The van der Waals surface area contributed by atoms with Crippen LogP contribution in [0.5, 0.6) is 11.5 Å². The van der Waals surface area contributed by atoms with Crippen LogP contribution in [0.2, 0.25) is 0 Å². The van der Waals surface area contributed by atoms with Crippen molar-refractivity contribution in [2.45, 2.75) is 32.9 Å². The summed E-state index contributed by atoms with van der Waals surface area (Å²) in [5, 5.41) is 2.95. The van der Waals surface area contributed by atoms with Crippen LogP contribution in [0.15, 0.2) is 48.5 Å². The maximum absolute atomic E-state index is 12.4. The van der Waals surface area contributed by atoms with E-state index < -0.39 is 6.04 Å². The average Bonchev–Trinajstić information content (AvgIpc) is 2.63. The summed E-state index contributed by atoms with van der Waals surface area (Å²) in [6.45, 7) is 6.88. The summed E-state index contributed by atoms with van der Waals surface area (Å²) in [5.41, 5.74) is 7.77. The summed E-state index contributed by atoms with van der Waals surface area (Å²) >= 11 is 0. The molecule has 0 aliphatic carbocycles.